The molecule has 3 saturated heterocycles. The van der Waals surface area contributed by atoms with Crippen LogP contribution in [0.15, 0.2) is 30.3 Å². The minimum Gasteiger partial charge on any atom is -0.456 e. The van der Waals surface area contributed by atoms with Gasteiger partial charge in [0.25, 0.3) is 6.01 Å². The number of pyridine rings is 1. The van der Waals surface area contributed by atoms with E-state index in [0.717, 1.165) is 31.7 Å². The van der Waals surface area contributed by atoms with Crippen molar-refractivity contribution in [3.8, 4) is 17.3 Å². The fourth-order valence-corrected chi connectivity index (χ4v) is 5.00. The number of aliphatic hydroxyl groups excluding tert-OH is 1. The monoisotopic (exact) mass is 471 g/mol. The Kier molecular flexibility index (Phi) is 5.38. The molecule has 6 rings (SSSR count). The minimum atomic E-state index is -0.620. The molecule has 0 bridgehead atoms. The topological polar surface area (TPSA) is 96.0 Å². The number of piperazine rings is 1. The largest absolute Gasteiger partial charge is 0.456 e. The van der Waals surface area contributed by atoms with Crippen LogP contribution in [0.4, 0.5) is 5.69 Å². The van der Waals surface area contributed by atoms with Gasteiger partial charge in [-0.25, -0.2) is 4.98 Å². The lowest BCUT2D eigenvalue weighted by Crippen LogP contribution is -2.44. The van der Waals surface area contributed by atoms with Crippen molar-refractivity contribution in [2.24, 2.45) is 0 Å². The van der Waals surface area contributed by atoms with Crippen LogP contribution in [-0.2, 0) is 9.47 Å². The van der Waals surface area contributed by atoms with Crippen LogP contribution in [-0.4, -0.2) is 95.8 Å². The predicted octanol–water partition coefficient (Wildman–Crippen LogP) is 1.94. The number of aromatic amines is 1. The van der Waals surface area contributed by atoms with Gasteiger partial charge in [0.2, 0.25) is 0 Å². The summed E-state index contributed by atoms with van der Waals surface area (Å²) < 4.78 is 17.2. The van der Waals surface area contributed by atoms with Crippen molar-refractivity contribution in [2.45, 2.75) is 24.4 Å². The zero-order valence-electron chi connectivity index (χ0n) is 18.3. The lowest BCUT2D eigenvalue weighted by molar-refractivity contribution is 0.00706. The number of ether oxygens (including phenoxy) is 3. The maximum Gasteiger partial charge on any atom is 0.296 e. The molecule has 10 heteroatoms. The number of hydrogen-bond donors (Lipinski definition) is 2. The summed E-state index contributed by atoms with van der Waals surface area (Å²) in [6, 6.07) is 10.5. The summed E-state index contributed by atoms with van der Waals surface area (Å²) in [7, 11) is 2.15. The fraction of sp³-hybridized carbons (Fsp3) is 0.478. The van der Waals surface area contributed by atoms with Crippen LogP contribution in [0.2, 0.25) is 5.02 Å². The van der Waals surface area contributed by atoms with Crippen LogP contribution in [0, 0.1) is 0 Å². The highest BCUT2D eigenvalue weighted by atomic mass is 35.5. The molecule has 0 unspecified atom stereocenters. The van der Waals surface area contributed by atoms with E-state index in [9.17, 15) is 5.11 Å². The first-order valence-electron chi connectivity index (χ1n) is 11.2. The van der Waals surface area contributed by atoms with Gasteiger partial charge >= 0.3 is 0 Å². The lowest BCUT2D eigenvalue weighted by Gasteiger charge is -2.34. The summed E-state index contributed by atoms with van der Waals surface area (Å²) in [4.78, 5) is 17.1. The van der Waals surface area contributed by atoms with Gasteiger partial charge in [0.15, 0.2) is 11.8 Å². The highest BCUT2D eigenvalue weighted by Crippen LogP contribution is 2.33. The highest BCUT2D eigenvalue weighted by molar-refractivity contribution is 6.33. The minimum absolute atomic E-state index is 0.253. The van der Waals surface area contributed by atoms with Gasteiger partial charge in [-0.15, -0.1) is 0 Å². The van der Waals surface area contributed by atoms with Crippen LogP contribution >= 0.6 is 11.6 Å². The van der Waals surface area contributed by atoms with Gasteiger partial charge in [0, 0.05) is 37.4 Å². The molecular weight excluding hydrogens is 446 g/mol. The summed E-state index contributed by atoms with van der Waals surface area (Å²) in [5.41, 5.74) is 4.03. The Morgan fingerprint density at radius 3 is 2.61 bits per heavy atom. The number of benzene rings is 1. The van der Waals surface area contributed by atoms with Crippen molar-refractivity contribution < 1.29 is 19.3 Å². The van der Waals surface area contributed by atoms with Crippen LogP contribution in [0.25, 0.3) is 22.4 Å². The van der Waals surface area contributed by atoms with Gasteiger partial charge in [0.05, 0.1) is 29.4 Å². The molecule has 4 atom stereocenters. The number of hydrogen-bond acceptors (Lipinski definition) is 8. The molecule has 0 amide bonds. The van der Waals surface area contributed by atoms with E-state index in [1.54, 1.807) is 0 Å². The molecule has 0 aliphatic carbocycles. The molecule has 2 aromatic heterocycles. The molecule has 3 aliphatic rings. The smallest absolute Gasteiger partial charge is 0.296 e. The Morgan fingerprint density at radius 2 is 1.82 bits per heavy atom. The number of halogens is 1. The zero-order valence-corrected chi connectivity index (χ0v) is 19.0. The van der Waals surface area contributed by atoms with E-state index in [2.05, 4.69) is 51.1 Å². The summed E-state index contributed by atoms with van der Waals surface area (Å²) in [5, 5.41) is 10.4. The second-order valence-electron chi connectivity index (χ2n) is 8.89. The van der Waals surface area contributed by atoms with E-state index in [1.807, 2.05) is 6.07 Å². The summed E-state index contributed by atoms with van der Waals surface area (Å²) >= 11 is 6.58. The van der Waals surface area contributed by atoms with Crippen molar-refractivity contribution in [1.29, 1.82) is 0 Å². The molecule has 0 saturated carbocycles. The molecule has 0 radical (unpaired) electrons. The van der Waals surface area contributed by atoms with Crippen LogP contribution in [0.5, 0.6) is 6.01 Å². The average Bonchev–Trinajstić information content (AvgIpc) is 3.51. The average molecular weight is 472 g/mol. The maximum atomic E-state index is 9.91. The number of fused-ring (bicyclic) bond motifs is 2. The van der Waals surface area contributed by atoms with Crippen molar-refractivity contribution in [2.75, 3.05) is 51.3 Å². The Morgan fingerprint density at radius 1 is 1.06 bits per heavy atom. The standard InChI is InChI=1S/C23H26ClN5O4/c1-28-6-8-29(9-7-28)14-4-2-13(3-5-14)19-15(24)10-16-22(26-19)27-23(25-16)33-18-12-32-20-17(30)11-31-21(18)20/h2-5,10,17-18,20-21,30H,6-9,11-12H2,1H3,(H,25,26,27)/t17-,18-,20-,21-/m1/s1. The molecule has 9 nitrogen and oxygen atoms in total. The summed E-state index contributed by atoms with van der Waals surface area (Å²) in [5.74, 6) is 0. The highest BCUT2D eigenvalue weighted by Gasteiger charge is 2.48. The molecule has 3 aliphatic heterocycles. The van der Waals surface area contributed by atoms with Crippen molar-refractivity contribution in [3.05, 3.63) is 35.4 Å². The van der Waals surface area contributed by atoms with Crippen LogP contribution in [0.1, 0.15) is 0 Å². The SMILES string of the molecule is CN1CCN(c2ccc(-c3nc4nc(O[C@@H]5CO[C@H]6[C@@H]5OC[C@H]6O)[nH]c4cc3Cl)cc2)CC1. The number of rotatable bonds is 4. The molecule has 1 aromatic carbocycles. The van der Waals surface area contributed by atoms with E-state index in [1.165, 1.54) is 5.69 Å². The first-order valence-corrected chi connectivity index (χ1v) is 11.6. The Labute approximate surface area is 196 Å². The Hall–Kier alpha value is -2.43. The van der Waals surface area contributed by atoms with E-state index < -0.39 is 6.10 Å². The molecule has 33 heavy (non-hydrogen) atoms. The van der Waals surface area contributed by atoms with E-state index in [0.29, 0.717) is 34.5 Å². The van der Waals surface area contributed by atoms with Crippen molar-refractivity contribution >= 4 is 28.5 Å². The van der Waals surface area contributed by atoms with Crippen molar-refractivity contribution in [3.63, 3.8) is 0 Å². The first kappa shape index (κ1) is 21.1. The first-order chi connectivity index (χ1) is 16.0. The molecule has 3 fully saturated rings. The number of aliphatic hydroxyl groups is 1. The van der Waals surface area contributed by atoms with Gasteiger partial charge in [-0.05, 0) is 25.2 Å². The van der Waals surface area contributed by atoms with Crippen LogP contribution < -0.4 is 9.64 Å². The fourth-order valence-electron chi connectivity index (χ4n) is 4.74. The van der Waals surface area contributed by atoms with Gasteiger partial charge in [-0.2, -0.15) is 4.98 Å². The third-order valence-electron chi connectivity index (χ3n) is 6.66. The Bertz CT molecular complexity index is 1150. The maximum absolute atomic E-state index is 9.91. The third kappa shape index (κ3) is 3.94. The van der Waals surface area contributed by atoms with Gasteiger partial charge in [0.1, 0.15) is 18.3 Å². The third-order valence-corrected chi connectivity index (χ3v) is 6.95. The normalized spacial score (nSPS) is 27.9. The van der Waals surface area contributed by atoms with Crippen molar-refractivity contribution in [1.82, 2.24) is 19.9 Å². The number of likely N-dealkylation sites (N-methyl/N-ethyl adjacent to an activating group) is 1. The van der Waals surface area contributed by atoms with E-state index in [4.69, 9.17) is 30.8 Å². The van der Waals surface area contributed by atoms with Crippen LogP contribution in [0.3, 0.4) is 0 Å². The van der Waals surface area contributed by atoms with E-state index >= 15 is 0 Å². The molecule has 174 valence electrons. The quantitative estimate of drug-likeness (QED) is 0.596. The van der Waals surface area contributed by atoms with Gasteiger partial charge in [-0.3, -0.25) is 0 Å². The summed E-state index contributed by atoms with van der Waals surface area (Å²) in [6.45, 7) is 4.77. The van der Waals surface area contributed by atoms with Gasteiger partial charge in [-0.1, -0.05) is 23.7 Å². The predicted molar refractivity (Wildman–Crippen MR) is 124 cm³/mol. The number of nitrogens with zero attached hydrogens (tertiary/aromatic N) is 4. The second-order valence-corrected chi connectivity index (χ2v) is 9.30. The second kappa shape index (κ2) is 8.41. The molecule has 0 spiro atoms. The molecule has 5 heterocycles. The number of anilines is 1. The number of nitrogens with one attached hydrogen (secondary N) is 1. The molecule has 3 aromatic rings. The molecule has 2 N–H and O–H groups in total. The lowest BCUT2D eigenvalue weighted by atomic mass is 10.1. The molecular formula is C23H26ClN5O4. The number of H-pyrrole nitrogens is 1. The number of aromatic nitrogens is 3. The van der Waals surface area contributed by atoms with Gasteiger partial charge < -0.3 is 34.1 Å². The Balaban J connectivity index is 1.21. The number of imidazole rings is 1. The van der Waals surface area contributed by atoms with E-state index in [-0.39, 0.29) is 24.9 Å². The summed E-state index contributed by atoms with van der Waals surface area (Å²) in [6.07, 6.45) is -1.62. The zero-order chi connectivity index (χ0) is 22.5.